The highest BCUT2D eigenvalue weighted by molar-refractivity contribution is 6.33. The van der Waals surface area contributed by atoms with Crippen molar-refractivity contribution in [1.29, 1.82) is 0 Å². The fourth-order valence-electron chi connectivity index (χ4n) is 2.04. The maximum Gasteiger partial charge on any atom is 0.134 e. The van der Waals surface area contributed by atoms with Crippen LogP contribution in [0.1, 0.15) is 11.3 Å². The van der Waals surface area contributed by atoms with Gasteiger partial charge >= 0.3 is 0 Å². The third-order valence-electron chi connectivity index (χ3n) is 2.90. The Morgan fingerprint density at radius 3 is 3.12 bits per heavy atom. The van der Waals surface area contributed by atoms with E-state index in [1.807, 2.05) is 0 Å². The lowest BCUT2D eigenvalue weighted by atomic mass is 10.0. The van der Waals surface area contributed by atoms with Crippen molar-refractivity contribution in [2.45, 2.75) is 13.0 Å². The maximum absolute atomic E-state index is 13.8. The van der Waals surface area contributed by atoms with Crippen LogP contribution in [0, 0.1) is 5.82 Å². The number of nitrogens with zero attached hydrogens (tertiary/aromatic N) is 1. The van der Waals surface area contributed by atoms with E-state index in [0.717, 1.165) is 17.7 Å². The van der Waals surface area contributed by atoms with Crippen molar-refractivity contribution in [2.24, 2.45) is 0 Å². The Morgan fingerprint density at radius 2 is 2.29 bits per heavy atom. The molecule has 3 nitrogen and oxygen atoms in total. The summed E-state index contributed by atoms with van der Waals surface area (Å²) in [7, 11) is 0. The van der Waals surface area contributed by atoms with Gasteiger partial charge in [-0.3, -0.25) is 5.10 Å². The molecule has 0 fully saturated rings. The van der Waals surface area contributed by atoms with E-state index in [2.05, 4.69) is 10.2 Å². The van der Waals surface area contributed by atoms with E-state index in [1.54, 1.807) is 12.1 Å². The number of hydrogen-bond acceptors (Lipinski definition) is 2. The molecule has 1 aromatic heterocycles. The van der Waals surface area contributed by atoms with Crippen molar-refractivity contribution in [2.75, 3.05) is 6.61 Å². The molecule has 0 radical (unpaired) electrons. The molecule has 1 aromatic carbocycles. The molecule has 0 amide bonds. The first kappa shape index (κ1) is 10.7. The van der Waals surface area contributed by atoms with Gasteiger partial charge in [-0.1, -0.05) is 17.7 Å². The van der Waals surface area contributed by atoms with Gasteiger partial charge in [-0.05, 0) is 12.1 Å². The van der Waals surface area contributed by atoms with Crippen LogP contribution in [0.5, 0.6) is 0 Å². The maximum atomic E-state index is 13.8. The number of rotatable bonds is 1. The largest absolute Gasteiger partial charge is 0.376 e. The third kappa shape index (κ3) is 1.73. The first-order valence-electron chi connectivity index (χ1n) is 5.35. The SMILES string of the molecule is Fc1cccc(Cl)c1-c1n[nH]c2c1COCC2. The van der Waals surface area contributed by atoms with Gasteiger partial charge in [0.2, 0.25) is 0 Å². The molecule has 1 aliphatic rings. The monoisotopic (exact) mass is 252 g/mol. The summed E-state index contributed by atoms with van der Waals surface area (Å²) in [5, 5.41) is 7.45. The van der Waals surface area contributed by atoms with Gasteiger partial charge in [0.05, 0.1) is 23.8 Å². The van der Waals surface area contributed by atoms with Gasteiger partial charge in [-0.15, -0.1) is 0 Å². The molecule has 0 bridgehead atoms. The second-order valence-electron chi connectivity index (χ2n) is 3.93. The Kier molecular flexibility index (Phi) is 2.61. The topological polar surface area (TPSA) is 37.9 Å². The molecule has 0 spiro atoms. The molecule has 5 heteroatoms. The first-order valence-corrected chi connectivity index (χ1v) is 5.73. The summed E-state index contributed by atoms with van der Waals surface area (Å²) in [6.45, 7) is 1.12. The van der Waals surface area contributed by atoms with Gasteiger partial charge in [0.15, 0.2) is 0 Å². The van der Waals surface area contributed by atoms with E-state index in [0.29, 0.717) is 29.5 Å². The highest BCUT2D eigenvalue weighted by atomic mass is 35.5. The van der Waals surface area contributed by atoms with E-state index < -0.39 is 0 Å². The van der Waals surface area contributed by atoms with E-state index in [-0.39, 0.29) is 5.82 Å². The van der Waals surface area contributed by atoms with Crippen LogP contribution in [0.15, 0.2) is 18.2 Å². The Balaban J connectivity index is 2.19. The predicted octanol–water partition coefficient (Wildman–Crippen LogP) is 2.94. The average molecular weight is 253 g/mol. The van der Waals surface area contributed by atoms with Crippen molar-refractivity contribution >= 4 is 11.6 Å². The van der Waals surface area contributed by atoms with Crippen LogP contribution in [-0.2, 0) is 17.8 Å². The van der Waals surface area contributed by atoms with Gasteiger partial charge in [-0.2, -0.15) is 5.10 Å². The minimum absolute atomic E-state index is 0.345. The zero-order valence-corrected chi connectivity index (χ0v) is 9.72. The summed E-state index contributed by atoms with van der Waals surface area (Å²) in [5.74, 6) is -0.364. The number of fused-ring (bicyclic) bond motifs is 1. The second-order valence-corrected chi connectivity index (χ2v) is 4.34. The number of H-pyrrole nitrogens is 1. The van der Waals surface area contributed by atoms with Crippen LogP contribution in [0.25, 0.3) is 11.3 Å². The molecule has 0 saturated carbocycles. The van der Waals surface area contributed by atoms with Crippen LogP contribution in [0.3, 0.4) is 0 Å². The summed E-state index contributed by atoms with van der Waals surface area (Å²) in [6, 6.07) is 4.62. The number of halogens is 2. The molecule has 0 atom stereocenters. The molecular weight excluding hydrogens is 243 g/mol. The number of nitrogens with one attached hydrogen (secondary N) is 1. The molecule has 1 aliphatic heterocycles. The molecule has 0 saturated heterocycles. The van der Waals surface area contributed by atoms with Gasteiger partial charge in [0.1, 0.15) is 11.5 Å². The highest BCUT2D eigenvalue weighted by Crippen LogP contribution is 2.34. The Labute approximate surface area is 103 Å². The first-order chi connectivity index (χ1) is 8.27. The molecule has 88 valence electrons. The Hall–Kier alpha value is -1.39. The average Bonchev–Trinajstić information content (AvgIpc) is 2.73. The minimum Gasteiger partial charge on any atom is -0.376 e. The van der Waals surface area contributed by atoms with Gasteiger partial charge in [-0.25, -0.2) is 4.39 Å². The van der Waals surface area contributed by atoms with Crippen molar-refractivity contribution in [3.05, 3.63) is 40.3 Å². The van der Waals surface area contributed by atoms with Gasteiger partial charge in [0.25, 0.3) is 0 Å². The van der Waals surface area contributed by atoms with E-state index in [4.69, 9.17) is 16.3 Å². The van der Waals surface area contributed by atoms with Gasteiger partial charge in [0, 0.05) is 17.7 Å². The van der Waals surface area contributed by atoms with Crippen molar-refractivity contribution < 1.29 is 9.13 Å². The zero-order chi connectivity index (χ0) is 11.8. The number of hydrogen-bond donors (Lipinski definition) is 1. The molecular formula is C12H10ClFN2O. The van der Waals surface area contributed by atoms with Gasteiger partial charge < -0.3 is 4.74 Å². The molecule has 0 unspecified atom stereocenters. The lowest BCUT2D eigenvalue weighted by Crippen LogP contribution is -2.09. The van der Waals surface area contributed by atoms with Crippen molar-refractivity contribution in [3.63, 3.8) is 0 Å². The molecule has 1 N–H and O–H groups in total. The van der Waals surface area contributed by atoms with Crippen molar-refractivity contribution in [1.82, 2.24) is 10.2 Å². The fraction of sp³-hybridized carbons (Fsp3) is 0.250. The number of benzene rings is 1. The van der Waals surface area contributed by atoms with Crippen LogP contribution < -0.4 is 0 Å². The molecule has 0 aliphatic carbocycles. The van der Waals surface area contributed by atoms with Crippen LogP contribution in [0.4, 0.5) is 4.39 Å². The quantitative estimate of drug-likeness (QED) is 0.847. The van der Waals surface area contributed by atoms with E-state index in [1.165, 1.54) is 6.07 Å². The second kappa shape index (κ2) is 4.13. The van der Waals surface area contributed by atoms with E-state index in [9.17, 15) is 4.39 Å². The molecule has 17 heavy (non-hydrogen) atoms. The normalized spacial score (nSPS) is 14.7. The minimum atomic E-state index is -0.364. The standard InChI is InChI=1S/C12H10ClFN2O/c13-8-2-1-3-9(14)11(8)12-7-6-17-5-4-10(7)15-16-12/h1-3H,4-6H2,(H,15,16). The predicted molar refractivity (Wildman–Crippen MR) is 62.4 cm³/mol. The van der Waals surface area contributed by atoms with Crippen LogP contribution in [0.2, 0.25) is 5.02 Å². The Morgan fingerprint density at radius 1 is 1.41 bits per heavy atom. The molecule has 3 rings (SSSR count). The summed E-state index contributed by atoms with van der Waals surface area (Å²) in [4.78, 5) is 0. The van der Waals surface area contributed by atoms with E-state index >= 15 is 0 Å². The lowest BCUT2D eigenvalue weighted by Gasteiger charge is -2.13. The summed E-state index contributed by atoms with van der Waals surface area (Å²) in [6.07, 6.45) is 0.772. The lowest BCUT2D eigenvalue weighted by molar-refractivity contribution is 0.110. The fourth-order valence-corrected chi connectivity index (χ4v) is 2.30. The zero-order valence-electron chi connectivity index (χ0n) is 8.96. The summed E-state index contributed by atoms with van der Waals surface area (Å²) < 4.78 is 19.2. The smallest absolute Gasteiger partial charge is 0.134 e. The molecule has 2 aromatic rings. The Bertz CT molecular complexity index is 547. The van der Waals surface area contributed by atoms with Crippen molar-refractivity contribution in [3.8, 4) is 11.3 Å². The summed E-state index contributed by atoms with van der Waals surface area (Å²) in [5.41, 5.74) is 2.81. The highest BCUT2D eigenvalue weighted by Gasteiger charge is 2.22. The van der Waals surface area contributed by atoms with Crippen LogP contribution >= 0.6 is 11.6 Å². The third-order valence-corrected chi connectivity index (χ3v) is 3.21. The summed E-state index contributed by atoms with van der Waals surface area (Å²) >= 11 is 6.03. The molecule has 2 heterocycles. The number of aromatic nitrogens is 2. The van der Waals surface area contributed by atoms with Crippen LogP contribution in [-0.4, -0.2) is 16.8 Å². The number of aromatic amines is 1. The number of ether oxygens (including phenoxy) is 1.